The van der Waals surface area contributed by atoms with E-state index >= 15 is 0 Å². The zero-order chi connectivity index (χ0) is 13.0. The van der Waals surface area contributed by atoms with Gasteiger partial charge in [0.1, 0.15) is 6.10 Å². The average molecular weight is 242 g/mol. The maximum absolute atomic E-state index is 10.6. The zero-order valence-corrected chi connectivity index (χ0v) is 8.98. The van der Waals surface area contributed by atoms with E-state index in [1.165, 1.54) is 12.1 Å². The number of nitrogens with two attached hydrogens (primary N) is 1. The molecule has 0 radical (unpaired) electrons. The molecular weight excluding hydrogens is 228 g/mol. The quantitative estimate of drug-likeness (QED) is 0.426. The molecular formula is C10H14N2O5. The van der Waals surface area contributed by atoms with Gasteiger partial charge in [-0.15, -0.1) is 0 Å². The van der Waals surface area contributed by atoms with Gasteiger partial charge in [0.05, 0.1) is 11.0 Å². The molecule has 0 fully saturated rings. The third kappa shape index (κ3) is 2.90. The van der Waals surface area contributed by atoms with E-state index in [2.05, 4.69) is 0 Å². The van der Waals surface area contributed by atoms with E-state index in [1.807, 2.05) is 0 Å². The summed E-state index contributed by atoms with van der Waals surface area (Å²) in [6.45, 7) is 0.161. The minimum absolute atomic E-state index is 0.0832. The highest BCUT2D eigenvalue weighted by molar-refractivity contribution is 5.51. The van der Waals surface area contributed by atoms with E-state index < -0.39 is 28.6 Å². The van der Waals surface area contributed by atoms with Crippen molar-refractivity contribution in [2.24, 2.45) is 5.73 Å². The molecule has 0 bridgehead atoms. The molecule has 7 heteroatoms. The molecule has 94 valence electrons. The van der Waals surface area contributed by atoms with Crippen LogP contribution in [0.1, 0.15) is 18.1 Å². The van der Waals surface area contributed by atoms with Crippen LogP contribution >= 0.6 is 0 Å². The Kier molecular flexibility index (Phi) is 4.38. The van der Waals surface area contributed by atoms with Gasteiger partial charge in [-0.25, -0.2) is 0 Å². The molecule has 0 heterocycles. The van der Waals surface area contributed by atoms with Crippen LogP contribution < -0.4 is 5.73 Å². The minimum atomic E-state index is -1.40. The van der Waals surface area contributed by atoms with Crippen molar-refractivity contribution in [1.29, 1.82) is 0 Å². The SMILES string of the molecule is NCCC(O)C(O)c1cccc([N+](=O)[O-])c1O. The van der Waals surface area contributed by atoms with Crippen molar-refractivity contribution in [3.8, 4) is 5.75 Å². The van der Waals surface area contributed by atoms with E-state index in [9.17, 15) is 25.4 Å². The lowest BCUT2D eigenvalue weighted by molar-refractivity contribution is -0.386. The Bertz CT molecular complexity index is 410. The van der Waals surface area contributed by atoms with Crippen molar-refractivity contribution in [1.82, 2.24) is 0 Å². The molecule has 1 aromatic rings. The Morgan fingerprint density at radius 2 is 2.06 bits per heavy atom. The molecule has 5 N–H and O–H groups in total. The van der Waals surface area contributed by atoms with Gasteiger partial charge in [0, 0.05) is 11.6 Å². The normalized spacial score (nSPS) is 14.3. The lowest BCUT2D eigenvalue weighted by atomic mass is 10.0. The topological polar surface area (TPSA) is 130 Å². The number of nitro benzene ring substituents is 1. The molecule has 0 amide bonds. The molecule has 2 atom stereocenters. The molecule has 1 rings (SSSR count). The Hall–Kier alpha value is -1.70. The van der Waals surface area contributed by atoms with Crippen molar-refractivity contribution in [2.75, 3.05) is 6.54 Å². The van der Waals surface area contributed by atoms with Crippen LogP contribution in [0.2, 0.25) is 0 Å². The van der Waals surface area contributed by atoms with Crippen molar-refractivity contribution in [2.45, 2.75) is 18.6 Å². The average Bonchev–Trinajstić information content (AvgIpc) is 2.28. The summed E-state index contributed by atoms with van der Waals surface area (Å²) in [4.78, 5) is 9.81. The third-order valence-electron chi connectivity index (χ3n) is 2.39. The predicted molar refractivity (Wildman–Crippen MR) is 59.4 cm³/mol. The van der Waals surface area contributed by atoms with E-state index in [-0.39, 0.29) is 18.5 Å². The number of para-hydroxylation sites is 1. The largest absolute Gasteiger partial charge is 0.502 e. The van der Waals surface area contributed by atoms with Crippen LogP contribution in [0, 0.1) is 10.1 Å². The number of nitro groups is 1. The maximum Gasteiger partial charge on any atom is 0.311 e. The number of aliphatic hydroxyl groups is 2. The fraction of sp³-hybridized carbons (Fsp3) is 0.400. The Morgan fingerprint density at radius 3 is 2.59 bits per heavy atom. The zero-order valence-electron chi connectivity index (χ0n) is 8.98. The Balaban J connectivity index is 3.06. The second-order valence-electron chi connectivity index (χ2n) is 3.56. The van der Waals surface area contributed by atoms with Gasteiger partial charge in [-0.1, -0.05) is 12.1 Å². The maximum atomic E-state index is 10.6. The van der Waals surface area contributed by atoms with Crippen LogP contribution in [0.4, 0.5) is 5.69 Å². The number of phenolic OH excluding ortho intramolecular Hbond substituents is 1. The number of aliphatic hydroxyl groups excluding tert-OH is 2. The smallest absolute Gasteiger partial charge is 0.311 e. The molecule has 17 heavy (non-hydrogen) atoms. The van der Waals surface area contributed by atoms with Crippen LogP contribution in [-0.4, -0.2) is 32.9 Å². The summed E-state index contributed by atoms with van der Waals surface area (Å²) in [5.74, 6) is -0.638. The number of nitrogens with zero attached hydrogens (tertiary/aromatic N) is 1. The molecule has 0 spiro atoms. The van der Waals surface area contributed by atoms with Crippen molar-refractivity contribution < 1.29 is 20.2 Å². The summed E-state index contributed by atoms with van der Waals surface area (Å²) in [6.07, 6.45) is -2.45. The van der Waals surface area contributed by atoms with Gasteiger partial charge in [-0.05, 0) is 13.0 Å². The van der Waals surface area contributed by atoms with Crippen molar-refractivity contribution in [3.05, 3.63) is 33.9 Å². The Labute approximate surface area is 97.3 Å². The highest BCUT2D eigenvalue weighted by Crippen LogP contribution is 2.34. The van der Waals surface area contributed by atoms with Gasteiger partial charge < -0.3 is 21.1 Å². The van der Waals surface area contributed by atoms with Crippen molar-refractivity contribution in [3.63, 3.8) is 0 Å². The number of rotatable bonds is 5. The van der Waals surface area contributed by atoms with Crippen LogP contribution in [0.3, 0.4) is 0 Å². The summed E-state index contributed by atoms with van der Waals surface area (Å²) in [5, 5.41) is 39.4. The first kappa shape index (κ1) is 13.4. The van der Waals surface area contributed by atoms with Gasteiger partial charge in [0.15, 0.2) is 5.75 Å². The van der Waals surface area contributed by atoms with E-state index in [0.717, 1.165) is 6.07 Å². The highest BCUT2D eigenvalue weighted by atomic mass is 16.6. The number of hydrogen-bond acceptors (Lipinski definition) is 6. The molecule has 0 aliphatic carbocycles. The monoisotopic (exact) mass is 242 g/mol. The minimum Gasteiger partial charge on any atom is -0.502 e. The Morgan fingerprint density at radius 1 is 1.41 bits per heavy atom. The highest BCUT2D eigenvalue weighted by Gasteiger charge is 2.25. The van der Waals surface area contributed by atoms with Gasteiger partial charge in [-0.2, -0.15) is 0 Å². The first-order valence-corrected chi connectivity index (χ1v) is 5.01. The molecule has 1 aromatic carbocycles. The van der Waals surface area contributed by atoms with Gasteiger partial charge in [0.2, 0.25) is 0 Å². The number of phenols is 1. The summed E-state index contributed by atoms with van der Waals surface area (Å²) in [6, 6.07) is 3.75. The van der Waals surface area contributed by atoms with Crippen molar-refractivity contribution >= 4 is 5.69 Å². The molecule has 0 aromatic heterocycles. The standard InChI is InChI=1S/C10H14N2O5/c11-5-4-8(13)10(15)6-2-1-3-7(9(6)14)12(16)17/h1-3,8,10,13-15H,4-5,11H2. The lowest BCUT2D eigenvalue weighted by Gasteiger charge is -2.18. The first-order chi connectivity index (χ1) is 7.99. The van der Waals surface area contributed by atoms with Crippen LogP contribution in [0.15, 0.2) is 18.2 Å². The second-order valence-corrected chi connectivity index (χ2v) is 3.56. The van der Waals surface area contributed by atoms with E-state index in [0.29, 0.717) is 0 Å². The fourth-order valence-electron chi connectivity index (χ4n) is 1.47. The molecule has 0 saturated heterocycles. The molecule has 0 aliphatic rings. The van der Waals surface area contributed by atoms with Crippen LogP contribution in [-0.2, 0) is 0 Å². The predicted octanol–water partition coefficient (Wildman–Crippen LogP) is 0.0435. The van der Waals surface area contributed by atoms with E-state index in [1.54, 1.807) is 0 Å². The summed E-state index contributed by atoms with van der Waals surface area (Å²) in [7, 11) is 0. The van der Waals surface area contributed by atoms with Gasteiger partial charge >= 0.3 is 5.69 Å². The number of benzene rings is 1. The second kappa shape index (κ2) is 5.58. The van der Waals surface area contributed by atoms with Crippen LogP contribution in [0.5, 0.6) is 5.75 Å². The lowest BCUT2D eigenvalue weighted by Crippen LogP contribution is -2.21. The number of hydrogen-bond donors (Lipinski definition) is 4. The summed E-state index contributed by atoms with van der Waals surface area (Å²) >= 11 is 0. The fourth-order valence-corrected chi connectivity index (χ4v) is 1.47. The number of aromatic hydroxyl groups is 1. The summed E-state index contributed by atoms with van der Waals surface area (Å²) < 4.78 is 0. The molecule has 0 aliphatic heterocycles. The molecule has 7 nitrogen and oxygen atoms in total. The molecule has 0 saturated carbocycles. The third-order valence-corrected chi connectivity index (χ3v) is 2.39. The molecule has 2 unspecified atom stereocenters. The summed E-state index contributed by atoms with van der Waals surface area (Å²) in [5.41, 5.74) is 4.62. The van der Waals surface area contributed by atoms with E-state index in [4.69, 9.17) is 5.73 Å². The van der Waals surface area contributed by atoms with Gasteiger partial charge in [-0.3, -0.25) is 10.1 Å². The van der Waals surface area contributed by atoms with Crippen LogP contribution in [0.25, 0.3) is 0 Å². The van der Waals surface area contributed by atoms with Gasteiger partial charge in [0.25, 0.3) is 0 Å². The first-order valence-electron chi connectivity index (χ1n) is 5.01.